The number of aromatic nitrogens is 1. The molecule has 7 heteroatoms. The quantitative estimate of drug-likeness (QED) is 0.620. The highest BCUT2D eigenvalue weighted by atomic mass is 35.5. The summed E-state index contributed by atoms with van der Waals surface area (Å²) in [6.45, 7) is 2.05. The Morgan fingerprint density at radius 3 is 2.80 bits per heavy atom. The third-order valence-corrected chi connectivity index (χ3v) is 5.62. The molecular weight excluding hydrogens is 374 g/mol. The molecule has 1 saturated heterocycles. The lowest BCUT2D eigenvalue weighted by Gasteiger charge is -1.95. The van der Waals surface area contributed by atoms with Crippen LogP contribution in [0.1, 0.15) is 11.1 Å². The number of hydrogen-bond donors (Lipinski definition) is 1. The summed E-state index contributed by atoms with van der Waals surface area (Å²) in [5.41, 5.74) is 3.02. The van der Waals surface area contributed by atoms with Crippen molar-refractivity contribution >= 4 is 67.2 Å². The van der Waals surface area contributed by atoms with Gasteiger partial charge in [-0.15, -0.1) is 0 Å². The summed E-state index contributed by atoms with van der Waals surface area (Å²) in [4.78, 5) is 21.7. The Hall–Kier alpha value is -2.15. The van der Waals surface area contributed by atoms with Gasteiger partial charge in [-0.3, -0.25) is 4.79 Å². The fourth-order valence-corrected chi connectivity index (χ4v) is 4.29. The zero-order chi connectivity index (χ0) is 17.4. The number of rotatable bonds is 2. The monoisotopic (exact) mass is 385 g/mol. The molecule has 0 unspecified atom stereocenters. The number of carbonyl (C=O) groups is 1. The Morgan fingerprint density at radius 2 is 2.00 bits per heavy atom. The molecule has 0 saturated carbocycles. The minimum absolute atomic E-state index is 0.157. The zero-order valence-electron chi connectivity index (χ0n) is 13.1. The highest BCUT2D eigenvalue weighted by molar-refractivity contribution is 8.18. The number of aryl methyl sites for hydroxylation is 1. The SMILES string of the molecule is Cc1ccc2nc(N=C3NC(=O)/C(=C/c4ccc(Cl)cc4)S3)sc2c1. The largest absolute Gasteiger partial charge is 0.300 e. The predicted octanol–water partition coefficient (Wildman–Crippen LogP) is 5.15. The maximum atomic E-state index is 12.1. The molecule has 1 amide bonds. The molecule has 3 aromatic rings. The number of nitrogens with zero attached hydrogens (tertiary/aromatic N) is 2. The molecule has 0 spiro atoms. The fourth-order valence-electron chi connectivity index (χ4n) is 2.35. The first-order chi connectivity index (χ1) is 12.1. The molecule has 1 fully saturated rings. The van der Waals surface area contributed by atoms with Crippen molar-refractivity contribution in [3.63, 3.8) is 0 Å². The van der Waals surface area contributed by atoms with Gasteiger partial charge in [0.15, 0.2) is 5.17 Å². The Morgan fingerprint density at radius 1 is 1.20 bits per heavy atom. The highest BCUT2D eigenvalue weighted by Gasteiger charge is 2.24. The Labute approximate surface area is 157 Å². The van der Waals surface area contributed by atoms with Gasteiger partial charge in [0, 0.05) is 5.02 Å². The van der Waals surface area contributed by atoms with Crippen molar-refractivity contribution in [2.24, 2.45) is 4.99 Å². The Kier molecular flexibility index (Phi) is 4.33. The summed E-state index contributed by atoms with van der Waals surface area (Å²) >= 11 is 8.70. The van der Waals surface area contributed by atoms with E-state index in [-0.39, 0.29) is 5.91 Å². The van der Waals surface area contributed by atoms with Gasteiger partial charge in [-0.25, -0.2) is 4.98 Å². The van der Waals surface area contributed by atoms with Crippen LogP contribution in [0.15, 0.2) is 52.4 Å². The number of benzene rings is 2. The van der Waals surface area contributed by atoms with Gasteiger partial charge in [-0.05, 0) is 60.2 Å². The summed E-state index contributed by atoms with van der Waals surface area (Å²) in [6.07, 6.45) is 1.82. The molecule has 4 nitrogen and oxygen atoms in total. The van der Waals surface area contributed by atoms with Crippen LogP contribution in [0.4, 0.5) is 5.13 Å². The van der Waals surface area contributed by atoms with Crippen LogP contribution in [0.25, 0.3) is 16.3 Å². The third kappa shape index (κ3) is 3.61. The average molecular weight is 386 g/mol. The second-order valence-corrected chi connectivity index (χ2v) is 7.98. The van der Waals surface area contributed by atoms with E-state index in [1.54, 1.807) is 12.1 Å². The van der Waals surface area contributed by atoms with Crippen molar-refractivity contribution in [1.29, 1.82) is 0 Å². The van der Waals surface area contributed by atoms with E-state index in [2.05, 4.69) is 21.4 Å². The maximum Gasteiger partial charge on any atom is 0.264 e. The average Bonchev–Trinajstić information content (AvgIpc) is 3.12. The van der Waals surface area contributed by atoms with E-state index in [4.69, 9.17) is 11.6 Å². The van der Waals surface area contributed by atoms with Crippen LogP contribution < -0.4 is 5.32 Å². The second-order valence-electron chi connectivity index (χ2n) is 5.50. The lowest BCUT2D eigenvalue weighted by molar-refractivity contribution is -0.115. The fraction of sp³-hybridized carbons (Fsp3) is 0.0556. The van der Waals surface area contributed by atoms with Crippen LogP contribution in [-0.4, -0.2) is 16.1 Å². The maximum absolute atomic E-state index is 12.1. The van der Waals surface area contributed by atoms with Crippen LogP contribution in [0, 0.1) is 6.92 Å². The number of thiazole rings is 1. The highest BCUT2D eigenvalue weighted by Crippen LogP contribution is 2.32. The molecule has 2 aromatic carbocycles. The molecule has 25 heavy (non-hydrogen) atoms. The van der Waals surface area contributed by atoms with E-state index in [1.807, 2.05) is 37.3 Å². The summed E-state index contributed by atoms with van der Waals surface area (Å²) < 4.78 is 1.09. The molecule has 0 atom stereocenters. The van der Waals surface area contributed by atoms with Gasteiger partial charge in [-0.2, -0.15) is 4.99 Å². The van der Waals surface area contributed by atoms with Gasteiger partial charge in [0.1, 0.15) is 0 Å². The smallest absolute Gasteiger partial charge is 0.264 e. The standard InChI is InChI=1S/C18H12ClN3OS2/c1-10-2-7-13-14(8-10)24-17(20-13)22-18-21-16(23)15(25-18)9-11-3-5-12(19)6-4-11/h2-9H,1H3,(H,20,21,22,23)/b15-9-. The first-order valence-electron chi connectivity index (χ1n) is 7.49. The minimum atomic E-state index is -0.157. The number of fused-ring (bicyclic) bond motifs is 1. The van der Waals surface area contributed by atoms with Crippen LogP contribution in [0.2, 0.25) is 5.02 Å². The van der Waals surface area contributed by atoms with Crippen molar-refractivity contribution in [3.05, 3.63) is 63.5 Å². The molecule has 1 aliphatic heterocycles. The molecule has 4 rings (SSSR count). The van der Waals surface area contributed by atoms with Crippen molar-refractivity contribution in [2.75, 3.05) is 0 Å². The second kappa shape index (κ2) is 6.63. The van der Waals surface area contributed by atoms with Crippen molar-refractivity contribution in [2.45, 2.75) is 6.92 Å². The molecule has 1 aromatic heterocycles. The van der Waals surface area contributed by atoms with E-state index >= 15 is 0 Å². The van der Waals surface area contributed by atoms with Gasteiger partial charge in [0.25, 0.3) is 5.91 Å². The van der Waals surface area contributed by atoms with Gasteiger partial charge < -0.3 is 5.32 Å². The van der Waals surface area contributed by atoms with Crippen molar-refractivity contribution in [3.8, 4) is 0 Å². The number of nitrogens with one attached hydrogen (secondary N) is 1. The van der Waals surface area contributed by atoms with Crippen LogP contribution in [0.5, 0.6) is 0 Å². The Balaban J connectivity index is 1.60. The topological polar surface area (TPSA) is 54.4 Å². The molecule has 0 aliphatic carbocycles. The predicted molar refractivity (Wildman–Crippen MR) is 107 cm³/mol. The van der Waals surface area contributed by atoms with Crippen LogP contribution in [0.3, 0.4) is 0 Å². The van der Waals surface area contributed by atoms with E-state index in [0.29, 0.717) is 20.2 Å². The number of amidine groups is 1. The molecule has 1 aliphatic rings. The van der Waals surface area contributed by atoms with Gasteiger partial charge in [0.2, 0.25) is 5.13 Å². The molecular formula is C18H12ClN3OS2. The minimum Gasteiger partial charge on any atom is -0.300 e. The van der Waals surface area contributed by atoms with Crippen LogP contribution in [-0.2, 0) is 4.79 Å². The lowest BCUT2D eigenvalue weighted by Crippen LogP contribution is -2.19. The summed E-state index contributed by atoms with van der Waals surface area (Å²) in [7, 11) is 0. The van der Waals surface area contributed by atoms with E-state index < -0.39 is 0 Å². The summed E-state index contributed by atoms with van der Waals surface area (Å²) in [5.74, 6) is -0.157. The van der Waals surface area contributed by atoms with Crippen LogP contribution >= 0.6 is 34.7 Å². The third-order valence-electron chi connectivity index (χ3n) is 3.55. The van der Waals surface area contributed by atoms with Gasteiger partial charge >= 0.3 is 0 Å². The molecule has 2 heterocycles. The number of halogens is 1. The van der Waals surface area contributed by atoms with Crippen molar-refractivity contribution in [1.82, 2.24) is 10.3 Å². The van der Waals surface area contributed by atoms with E-state index in [9.17, 15) is 4.79 Å². The van der Waals surface area contributed by atoms with Gasteiger partial charge in [-0.1, -0.05) is 41.1 Å². The van der Waals surface area contributed by atoms with Gasteiger partial charge in [0.05, 0.1) is 15.1 Å². The molecule has 0 bridgehead atoms. The Bertz CT molecular complexity index is 1040. The van der Waals surface area contributed by atoms with E-state index in [0.717, 1.165) is 15.8 Å². The molecule has 0 radical (unpaired) electrons. The number of hydrogen-bond acceptors (Lipinski definition) is 5. The summed E-state index contributed by atoms with van der Waals surface area (Å²) in [5, 5.41) is 4.63. The lowest BCUT2D eigenvalue weighted by atomic mass is 10.2. The summed E-state index contributed by atoms with van der Waals surface area (Å²) in [6, 6.07) is 13.4. The first-order valence-corrected chi connectivity index (χ1v) is 9.50. The molecule has 124 valence electrons. The van der Waals surface area contributed by atoms with Crippen molar-refractivity contribution < 1.29 is 4.79 Å². The number of carbonyl (C=O) groups excluding carboxylic acids is 1. The zero-order valence-corrected chi connectivity index (χ0v) is 15.5. The number of aliphatic imine (C=N–C) groups is 1. The number of amides is 1. The van der Waals surface area contributed by atoms with E-state index in [1.165, 1.54) is 28.7 Å². The molecule has 1 N–H and O–H groups in total. The first kappa shape index (κ1) is 16.3. The number of thioether (sulfide) groups is 1. The normalized spacial score (nSPS) is 17.6.